The molecule has 20 heavy (non-hydrogen) atoms. The van der Waals surface area contributed by atoms with Crippen molar-refractivity contribution in [2.45, 2.75) is 89.6 Å². The summed E-state index contributed by atoms with van der Waals surface area (Å²) in [6.45, 7) is 2.22. The quantitative estimate of drug-likeness (QED) is 0.802. The highest BCUT2D eigenvalue weighted by Crippen LogP contribution is 2.59. The first-order valence-corrected chi connectivity index (χ1v) is 8.71. The molecule has 3 aliphatic carbocycles. The monoisotopic (exact) mass is 275 g/mol. The zero-order valence-electron chi connectivity index (χ0n) is 13.0. The number of nitriles is 1. The van der Waals surface area contributed by atoms with Gasteiger partial charge in [-0.15, -0.1) is 0 Å². The van der Waals surface area contributed by atoms with E-state index in [1.165, 1.54) is 25.7 Å². The van der Waals surface area contributed by atoms with Crippen LogP contribution in [0.4, 0.5) is 0 Å². The molecule has 0 heterocycles. The molecule has 112 valence electrons. The maximum atomic E-state index is 11.3. The molecule has 3 fully saturated rings. The highest BCUT2D eigenvalue weighted by Gasteiger charge is 2.57. The van der Waals surface area contributed by atoms with Gasteiger partial charge in [0.1, 0.15) is 0 Å². The Morgan fingerprint density at radius 1 is 1.05 bits per heavy atom. The summed E-state index contributed by atoms with van der Waals surface area (Å²) in [5.74, 6) is 0.654. The second kappa shape index (κ2) is 5.02. The van der Waals surface area contributed by atoms with Gasteiger partial charge in [-0.1, -0.05) is 26.2 Å². The lowest BCUT2D eigenvalue weighted by Crippen LogP contribution is -2.50. The van der Waals surface area contributed by atoms with Crippen LogP contribution in [0.15, 0.2) is 0 Å². The van der Waals surface area contributed by atoms with Gasteiger partial charge in [0.05, 0.1) is 17.1 Å². The van der Waals surface area contributed by atoms with Crippen LogP contribution in [0.5, 0.6) is 0 Å². The molecule has 2 heteroatoms. The van der Waals surface area contributed by atoms with E-state index in [-0.39, 0.29) is 0 Å². The summed E-state index contributed by atoms with van der Waals surface area (Å²) in [5.41, 5.74) is -0.598. The fraction of sp³-hybridized carbons (Fsp3) is 0.944. The largest absolute Gasteiger partial charge is 0.388 e. The molecular formula is C18H29NO. The molecule has 2 unspecified atom stereocenters. The van der Waals surface area contributed by atoms with Gasteiger partial charge >= 0.3 is 0 Å². The molecule has 2 nitrogen and oxygen atoms in total. The van der Waals surface area contributed by atoms with E-state index >= 15 is 0 Å². The normalized spacial score (nSPS) is 39.0. The predicted molar refractivity (Wildman–Crippen MR) is 80.0 cm³/mol. The average Bonchev–Trinajstić information content (AvgIpc) is 3.11. The molecule has 0 amide bonds. The highest BCUT2D eigenvalue weighted by molar-refractivity contribution is 5.16. The van der Waals surface area contributed by atoms with E-state index in [0.717, 1.165) is 51.4 Å². The predicted octanol–water partition coefficient (Wildman–Crippen LogP) is 4.57. The third-order valence-electron chi connectivity index (χ3n) is 7.10. The first kappa shape index (κ1) is 14.4. The van der Waals surface area contributed by atoms with Gasteiger partial charge in [-0.3, -0.25) is 0 Å². The summed E-state index contributed by atoms with van der Waals surface area (Å²) in [5, 5.41) is 21.1. The van der Waals surface area contributed by atoms with Crippen LogP contribution >= 0.6 is 0 Å². The Morgan fingerprint density at radius 3 is 2.20 bits per heavy atom. The molecule has 3 aliphatic rings. The Kier molecular flexibility index (Phi) is 3.61. The summed E-state index contributed by atoms with van der Waals surface area (Å²) in [7, 11) is 0. The SMILES string of the molecule is CCC1CCC(C#N)(C2(O)CCC3(CCCC3)CC2)C1. The number of aliphatic hydroxyl groups is 1. The summed E-state index contributed by atoms with van der Waals surface area (Å²) < 4.78 is 0. The fourth-order valence-electron chi connectivity index (χ4n) is 5.42. The number of rotatable bonds is 2. The lowest BCUT2D eigenvalue weighted by atomic mass is 9.58. The molecule has 0 aromatic carbocycles. The van der Waals surface area contributed by atoms with Crippen molar-refractivity contribution in [1.29, 1.82) is 5.26 Å². The van der Waals surface area contributed by atoms with Crippen LogP contribution in [0.2, 0.25) is 0 Å². The van der Waals surface area contributed by atoms with E-state index in [9.17, 15) is 10.4 Å². The minimum absolute atomic E-state index is 0.437. The Hall–Kier alpha value is -0.550. The maximum absolute atomic E-state index is 11.3. The summed E-state index contributed by atoms with van der Waals surface area (Å²) in [6, 6.07) is 2.58. The van der Waals surface area contributed by atoms with Crippen molar-refractivity contribution in [3.63, 3.8) is 0 Å². The van der Waals surface area contributed by atoms with Crippen molar-refractivity contribution >= 4 is 0 Å². The fourth-order valence-corrected chi connectivity index (χ4v) is 5.42. The van der Waals surface area contributed by atoms with Crippen molar-refractivity contribution < 1.29 is 5.11 Å². The standard InChI is InChI=1S/C18H29NO/c1-2-15-5-8-17(13-15,14-19)18(20)11-9-16(10-12-18)6-3-4-7-16/h15,20H,2-13H2,1H3. The van der Waals surface area contributed by atoms with Crippen molar-refractivity contribution in [2.75, 3.05) is 0 Å². The van der Waals surface area contributed by atoms with E-state index in [1.807, 2.05) is 0 Å². The first-order chi connectivity index (χ1) is 9.57. The van der Waals surface area contributed by atoms with Crippen LogP contribution in [-0.2, 0) is 0 Å². The number of hydrogen-bond acceptors (Lipinski definition) is 2. The van der Waals surface area contributed by atoms with Crippen molar-refractivity contribution in [1.82, 2.24) is 0 Å². The molecule has 0 bridgehead atoms. The molecule has 0 aliphatic heterocycles. The van der Waals surface area contributed by atoms with E-state index in [0.29, 0.717) is 11.3 Å². The third-order valence-corrected chi connectivity index (χ3v) is 7.10. The smallest absolute Gasteiger partial charge is 0.0863 e. The van der Waals surface area contributed by atoms with Gasteiger partial charge in [0.25, 0.3) is 0 Å². The molecule has 0 aromatic rings. The maximum Gasteiger partial charge on any atom is 0.0863 e. The van der Waals surface area contributed by atoms with Gasteiger partial charge in [-0.05, 0) is 69.1 Å². The van der Waals surface area contributed by atoms with Gasteiger partial charge in [-0.2, -0.15) is 5.26 Å². The molecule has 1 spiro atoms. The van der Waals surface area contributed by atoms with Crippen LogP contribution in [0.3, 0.4) is 0 Å². The van der Waals surface area contributed by atoms with Gasteiger partial charge < -0.3 is 5.11 Å². The topological polar surface area (TPSA) is 44.0 Å². The van der Waals surface area contributed by atoms with Crippen LogP contribution in [0, 0.1) is 28.1 Å². The summed E-state index contributed by atoms with van der Waals surface area (Å²) >= 11 is 0. The molecule has 3 rings (SSSR count). The van der Waals surface area contributed by atoms with Gasteiger partial charge in [-0.25, -0.2) is 0 Å². The minimum atomic E-state index is -0.695. The van der Waals surface area contributed by atoms with Gasteiger partial charge in [0.15, 0.2) is 0 Å². The zero-order valence-corrected chi connectivity index (χ0v) is 13.0. The molecular weight excluding hydrogens is 246 g/mol. The van der Waals surface area contributed by atoms with Crippen molar-refractivity contribution in [3.05, 3.63) is 0 Å². The lowest BCUT2D eigenvalue weighted by Gasteiger charge is -2.48. The second-order valence-electron chi connectivity index (χ2n) is 7.95. The molecule has 1 N–H and O–H groups in total. The van der Waals surface area contributed by atoms with Crippen LogP contribution < -0.4 is 0 Å². The van der Waals surface area contributed by atoms with Crippen molar-refractivity contribution in [3.8, 4) is 6.07 Å². The molecule has 0 aromatic heterocycles. The van der Waals surface area contributed by atoms with Gasteiger partial charge in [0, 0.05) is 0 Å². The third kappa shape index (κ3) is 2.10. The van der Waals surface area contributed by atoms with E-state index in [1.54, 1.807) is 0 Å². The average molecular weight is 275 g/mol. The van der Waals surface area contributed by atoms with E-state index < -0.39 is 11.0 Å². The number of hydrogen-bond donors (Lipinski definition) is 1. The first-order valence-electron chi connectivity index (χ1n) is 8.71. The van der Waals surface area contributed by atoms with E-state index in [4.69, 9.17) is 0 Å². The molecule has 3 saturated carbocycles. The molecule has 2 atom stereocenters. The van der Waals surface area contributed by atoms with Crippen molar-refractivity contribution in [2.24, 2.45) is 16.7 Å². The Labute approximate surface area is 123 Å². The van der Waals surface area contributed by atoms with Crippen LogP contribution in [-0.4, -0.2) is 10.7 Å². The lowest BCUT2D eigenvalue weighted by molar-refractivity contribution is -0.104. The summed E-state index contributed by atoms with van der Waals surface area (Å²) in [4.78, 5) is 0. The van der Waals surface area contributed by atoms with Crippen LogP contribution in [0.25, 0.3) is 0 Å². The summed E-state index contributed by atoms with van der Waals surface area (Å²) in [6.07, 6.45) is 13.7. The highest BCUT2D eigenvalue weighted by atomic mass is 16.3. The minimum Gasteiger partial charge on any atom is -0.388 e. The Morgan fingerprint density at radius 2 is 1.70 bits per heavy atom. The molecule has 0 saturated heterocycles. The second-order valence-corrected chi connectivity index (χ2v) is 7.95. The van der Waals surface area contributed by atoms with Gasteiger partial charge in [0.2, 0.25) is 0 Å². The molecule has 0 radical (unpaired) electrons. The number of nitrogens with zero attached hydrogens (tertiary/aromatic N) is 1. The Bertz CT molecular complexity index is 394. The van der Waals surface area contributed by atoms with Crippen LogP contribution in [0.1, 0.15) is 84.0 Å². The van der Waals surface area contributed by atoms with E-state index in [2.05, 4.69) is 13.0 Å². The Balaban J connectivity index is 1.74. The zero-order chi connectivity index (χ0) is 14.3.